The molecule has 0 radical (unpaired) electrons. The largest absolute Gasteiger partial charge is 0.450 e. The summed E-state index contributed by atoms with van der Waals surface area (Å²) >= 11 is 0. The van der Waals surface area contributed by atoms with Crippen LogP contribution >= 0.6 is 0 Å². The van der Waals surface area contributed by atoms with E-state index in [0.717, 1.165) is 6.40 Å². The van der Waals surface area contributed by atoms with Gasteiger partial charge in [-0.1, -0.05) is 0 Å². The third kappa shape index (κ3) is 4.42. The fourth-order valence-corrected chi connectivity index (χ4v) is 1.38. The van der Waals surface area contributed by atoms with Gasteiger partial charge in [0.25, 0.3) is 0 Å². The first-order valence-electron chi connectivity index (χ1n) is 5.84. The number of nitrogens with one attached hydrogen (secondary N) is 1. The Hall–Kier alpha value is -1.47. The summed E-state index contributed by atoms with van der Waals surface area (Å²) in [6, 6.07) is 0. The molecule has 18 heavy (non-hydrogen) atoms. The maximum absolute atomic E-state index is 7.05. The minimum absolute atomic E-state index is 0.0354. The first-order valence-corrected chi connectivity index (χ1v) is 5.84. The molecule has 0 aliphatic carbocycles. The van der Waals surface area contributed by atoms with Gasteiger partial charge in [0.05, 0.1) is 12.2 Å². The van der Waals surface area contributed by atoms with Gasteiger partial charge < -0.3 is 14.2 Å². The van der Waals surface area contributed by atoms with E-state index in [0.29, 0.717) is 0 Å². The second kappa shape index (κ2) is 7.07. The van der Waals surface area contributed by atoms with Crippen molar-refractivity contribution in [3.63, 3.8) is 0 Å². The highest BCUT2D eigenvalue weighted by Gasteiger charge is 2.28. The summed E-state index contributed by atoms with van der Waals surface area (Å²) in [4.78, 5) is 3.88. The maximum atomic E-state index is 7.05. The third-order valence-electron chi connectivity index (χ3n) is 1.95. The van der Waals surface area contributed by atoms with Gasteiger partial charge in [-0.05, 0) is 27.7 Å². The molecule has 1 aromatic rings. The van der Waals surface area contributed by atoms with Crippen molar-refractivity contribution in [1.82, 2.24) is 14.8 Å². The Morgan fingerprint density at radius 1 is 1.17 bits per heavy atom. The summed E-state index contributed by atoms with van der Waals surface area (Å²) in [6.45, 7) is 7.57. The molecule has 0 aliphatic rings. The normalized spacial score (nSPS) is 14.8. The number of nitrogens with zero attached hydrogens (tertiary/aromatic N) is 3. The van der Waals surface area contributed by atoms with E-state index < -0.39 is 12.5 Å². The Kier molecular flexibility index (Phi) is 5.73. The fraction of sp³-hybridized carbons (Fsp3) is 0.727. The van der Waals surface area contributed by atoms with E-state index in [1.54, 1.807) is 0 Å². The average molecular weight is 256 g/mol. The zero-order valence-corrected chi connectivity index (χ0v) is 11.1. The van der Waals surface area contributed by atoms with E-state index in [4.69, 9.17) is 19.6 Å². The van der Waals surface area contributed by atoms with Crippen molar-refractivity contribution in [3.8, 4) is 0 Å². The molecule has 2 unspecified atom stereocenters. The summed E-state index contributed by atoms with van der Waals surface area (Å²) in [7, 11) is 0. The van der Waals surface area contributed by atoms with Crippen LogP contribution in [0.2, 0.25) is 0 Å². The number of hydrogen-bond acceptors (Lipinski definition) is 6. The van der Waals surface area contributed by atoms with E-state index in [1.807, 2.05) is 27.7 Å². The molecule has 0 amide bonds. The molecular weight excluding hydrogens is 236 g/mol. The van der Waals surface area contributed by atoms with Crippen LogP contribution in [-0.4, -0.2) is 39.7 Å². The van der Waals surface area contributed by atoms with Gasteiger partial charge in [0.2, 0.25) is 12.5 Å². The van der Waals surface area contributed by atoms with Crippen molar-refractivity contribution >= 4 is 6.40 Å². The second-order valence-corrected chi connectivity index (χ2v) is 4.26. The summed E-state index contributed by atoms with van der Waals surface area (Å²) in [6.07, 6.45) is 2.34. The van der Waals surface area contributed by atoms with Crippen molar-refractivity contribution in [3.05, 3.63) is 12.7 Å². The molecule has 1 heterocycles. The number of hydrogen-bond donors (Lipinski definition) is 1. The lowest BCUT2D eigenvalue weighted by Gasteiger charge is -2.28. The molecule has 7 nitrogen and oxygen atoms in total. The van der Waals surface area contributed by atoms with Crippen LogP contribution in [0, 0.1) is 5.41 Å². The van der Waals surface area contributed by atoms with E-state index in [1.165, 1.54) is 17.3 Å². The minimum atomic E-state index is -0.744. The lowest BCUT2D eigenvalue weighted by Crippen LogP contribution is -2.35. The van der Waals surface area contributed by atoms with Crippen LogP contribution in [0.15, 0.2) is 12.7 Å². The van der Waals surface area contributed by atoms with Gasteiger partial charge in [0.1, 0.15) is 12.7 Å². The molecule has 0 aliphatic heterocycles. The van der Waals surface area contributed by atoms with Gasteiger partial charge in [-0.2, -0.15) is 5.10 Å². The van der Waals surface area contributed by atoms with E-state index >= 15 is 0 Å². The number of aromatic nitrogens is 3. The molecular formula is C11H20N4O3. The zero-order chi connectivity index (χ0) is 13.5. The van der Waals surface area contributed by atoms with Gasteiger partial charge in [-0.3, -0.25) is 5.41 Å². The molecule has 1 rings (SSSR count). The van der Waals surface area contributed by atoms with Gasteiger partial charge in [0, 0.05) is 0 Å². The molecule has 2 atom stereocenters. The highest BCUT2D eigenvalue weighted by Crippen LogP contribution is 2.19. The predicted molar refractivity (Wildman–Crippen MR) is 65.2 cm³/mol. The quantitative estimate of drug-likeness (QED) is 0.434. The molecule has 0 saturated heterocycles. The summed E-state index contributed by atoms with van der Waals surface area (Å²) in [5.41, 5.74) is 0. The van der Waals surface area contributed by atoms with Crippen molar-refractivity contribution < 1.29 is 14.2 Å². The Bertz CT molecular complexity index is 340. The van der Waals surface area contributed by atoms with E-state index in [-0.39, 0.29) is 12.2 Å². The molecule has 1 aromatic heterocycles. The van der Waals surface area contributed by atoms with Crippen LogP contribution in [0.3, 0.4) is 0 Å². The highest BCUT2D eigenvalue weighted by molar-refractivity contribution is 5.41. The first kappa shape index (κ1) is 14.6. The molecule has 7 heteroatoms. The van der Waals surface area contributed by atoms with Crippen molar-refractivity contribution in [2.75, 3.05) is 0 Å². The maximum Gasteiger partial charge on any atom is 0.248 e. The van der Waals surface area contributed by atoms with E-state index in [9.17, 15) is 0 Å². The number of ether oxygens (including phenoxy) is 3. The lowest BCUT2D eigenvalue weighted by molar-refractivity contribution is -0.223. The fourth-order valence-electron chi connectivity index (χ4n) is 1.38. The van der Waals surface area contributed by atoms with Crippen LogP contribution in [0.4, 0.5) is 0 Å². The zero-order valence-electron chi connectivity index (χ0n) is 11.1. The predicted octanol–water partition coefficient (Wildman–Crippen LogP) is 1.58. The van der Waals surface area contributed by atoms with Crippen molar-refractivity contribution in [1.29, 1.82) is 5.41 Å². The van der Waals surface area contributed by atoms with Crippen LogP contribution in [0.5, 0.6) is 0 Å². The van der Waals surface area contributed by atoms with E-state index in [2.05, 4.69) is 10.1 Å². The third-order valence-corrected chi connectivity index (χ3v) is 1.95. The average Bonchev–Trinajstić information content (AvgIpc) is 2.77. The van der Waals surface area contributed by atoms with Crippen LogP contribution in [0.25, 0.3) is 0 Å². The highest BCUT2D eigenvalue weighted by atomic mass is 16.7. The summed E-state index contributed by atoms with van der Waals surface area (Å²) < 4.78 is 18.0. The summed E-state index contributed by atoms with van der Waals surface area (Å²) in [5, 5.41) is 11.1. The Morgan fingerprint density at radius 3 is 2.28 bits per heavy atom. The Balaban J connectivity index is 2.86. The Morgan fingerprint density at radius 2 is 1.83 bits per heavy atom. The summed E-state index contributed by atoms with van der Waals surface area (Å²) in [5.74, 6) is 0. The molecule has 0 bridgehead atoms. The van der Waals surface area contributed by atoms with Gasteiger partial charge in [-0.15, -0.1) is 0 Å². The molecule has 0 saturated carbocycles. The van der Waals surface area contributed by atoms with Crippen LogP contribution in [0.1, 0.15) is 33.9 Å². The second-order valence-electron chi connectivity index (χ2n) is 4.26. The van der Waals surface area contributed by atoms with Crippen molar-refractivity contribution in [2.45, 2.75) is 52.4 Å². The molecule has 0 spiro atoms. The van der Waals surface area contributed by atoms with Gasteiger partial charge in [-0.25, -0.2) is 9.67 Å². The van der Waals surface area contributed by atoms with Gasteiger partial charge in [0.15, 0.2) is 6.40 Å². The first-order chi connectivity index (χ1) is 8.54. The molecule has 102 valence electrons. The van der Waals surface area contributed by atoms with Crippen molar-refractivity contribution in [2.24, 2.45) is 0 Å². The standard InChI is InChI=1S/C11H20N4O3/c1-8(2)17-10(15-7-13-6-14-15)11(16-5-12)18-9(3)4/h5-12H,1-4H3. The molecule has 0 fully saturated rings. The van der Waals surface area contributed by atoms with Gasteiger partial charge >= 0.3 is 0 Å². The monoisotopic (exact) mass is 256 g/mol. The topological polar surface area (TPSA) is 82.3 Å². The van der Waals surface area contributed by atoms with Crippen LogP contribution in [-0.2, 0) is 14.2 Å². The number of rotatable bonds is 8. The smallest absolute Gasteiger partial charge is 0.248 e. The molecule has 0 aromatic carbocycles. The Labute approximate surface area is 107 Å². The lowest BCUT2D eigenvalue weighted by atomic mass is 10.4. The van der Waals surface area contributed by atoms with Crippen LogP contribution < -0.4 is 0 Å². The molecule has 1 N–H and O–H groups in total. The SMILES string of the molecule is CC(C)OC(OC=N)C(OC(C)C)n1cncn1. The minimum Gasteiger partial charge on any atom is -0.450 e.